The van der Waals surface area contributed by atoms with Crippen LogP contribution in [0.2, 0.25) is 5.02 Å². The normalized spacial score (nSPS) is 22.1. The number of nitrogens with one attached hydrogen (secondary N) is 1. The number of halogens is 1. The zero-order chi connectivity index (χ0) is 13.2. The van der Waals surface area contributed by atoms with Crippen molar-refractivity contribution in [3.63, 3.8) is 0 Å². The van der Waals surface area contributed by atoms with Gasteiger partial charge in [-0.25, -0.2) is 0 Å². The Hall–Kier alpha value is -1.13. The van der Waals surface area contributed by atoms with Gasteiger partial charge in [0.1, 0.15) is 19.0 Å². The fourth-order valence-corrected chi connectivity index (χ4v) is 3.15. The molecule has 0 saturated carbocycles. The van der Waals surface area contributed by atoms with Crippen LogP contribution in [0.4, 0.5) is 0 Å². The number of hydrogen-bond donors (Lipinski definition) is 1. The van der Waals surface area contributed by atoms with Crippen molar-refractivity contribution >= 4 is 11.6 Å². The average Bonchev–Trinajstić information content (AvgIpc) is 2.47. The third-order valence-electron chi connectivity index (χ3n) is 3.70. The predicted molar refractivity (Wildman–Crippen MR) is 73.8 cm³/mol. The van der Waals surface area contributed by atoms with Crippen LogP contribution in [-0.2, 0) is 0 Å². The van der Waals surface area contributed by atoms with E-state index in [1.54, 1.807) is 7.11 Å². The number of methoxy groups -OCH3 is 1. The van der Waals surface area contributed by atoms with Crippen LogP contribution in [0.25, 0.3) is 0 Å². The van der Waals surface area contributed by atoms with Crippen molar-refractivity contribution in [1.82, 2.24) is 5.32 Å². The van der Waals surface area contributed by atoms with E-state index in [0.29, 0.717) is 29.9 Å². The second kappa shape index (κ2) is 5.47. The molecule has 2 aliphatic heterocycles. The van der Waals surface area contributed by atoms with Gasteiger partial charge in [0, 0.05) is 24.1 Å². The highest BCUT2D eigenvalue weighted by molar-refractivity contribution is 6.33. The molecule has 2 aliphatic rings. The molecule has 1 N–H and O–H groups in total. The van der Waals surface area contributed by atoms with Gasteiger partial charge in [0.05, 0.1) is 12.1 Å². The first-order valence-corrected chi connectivity index (χ1v) is 7.05. The number of rotatable bonds is 2. The van der Waals surface area contributed by atoms with Crippen LogP contribution in [0, 0.1) is 0 Å². The summed E-state index contributed by atoms with van der Waals surface area (Å²) in [5.74, 6) is 2.55. The van der Waals surface area contributed by atoms with Crippen LogP contribution >= 0.6 is 11.6 Å². The molecule has 1 aromatic rings. The SMILES string of the molecule is COc1cc2c(c(C3CCCNC3)c1Cl)OCCO2. The number of ether oxygens (including phenoxy) is 3. The first-order chi connectivity index (χ1) is 9.31. The van der Waals surface area contributed by atoms with Crippen LogP contribution in [0.1, 0.15) is 24.3 Å². The van der Waals surface area contributed by atoms with E-state index in [1.165, 1.54) is 0 Å². The van der Waals surface area contributed by atoms with Crippen LogP contribution in [0.3, 0.4) is 0 Å². The number of hydrogen-bond acceptors (Lipinski definition) is 4. The fraction of sp³-hybridized carbons (Fsp3) is 0.571. The van der Waals surface area contributed by atoms with Gasteiger partial charge in [-0.05, 0) is 19.4 Å². The minimum absolute atomic E-state index is 0.354. The largest absolute Gasteiger partial charge is 0.495 e. The zero-order valence-corrected chi connectivity index (χ0v) is 11.8. The van der Waals surface area contributed by atoms with Crippen molar-refractivity contribution in [2.45, 2.75) is 18.8 Å². The third-order valence-corrected chi connectivity index (χ3v) is 4.09. The highest BCUT2D eigenvalue weighted by atomic mass is 35.5. The molecule has 0 amide bonds. The molecule has 0 aromatic heterocycles. The van der Waals surface area contributed by atoms with Gasteiger partial charge in [0.25, 0.3) is 0 Å². The van der Waals surface area contributed by atoms with E-state index in [9.17, 15) is 0 Å². The molecule has 1 unspecified atom stereocenters. The summed E-state index contributed by atoms with van der Waals surface area (Å²) in [6, 6.07) is 1.82. The van der Waals surface area contributed by atoms with Gasteiger partial charge in [0.15, 0.2) is 11.5 Å². The molecule has 1 atom stereocenters. The smallest absolute Gasteiger partial charge is 0.166 e. The van der Waals surface area contributed by atoms with Crippen molar-refractivity contribution in [3.05, 3.63) is 16.7 Å². The molecule has 4 nitrogen and oxygen atoms in total. The van der Waals surface area contributed by atoms with Gasteiger partial charge in [-0.3, -0.25) is 0 Å². The molecule has 5 heteroatoms. The van der Waals surface area contributed by atoms with Gasteiger partial charge < -0.3 is 19.5 Å². The minimum atomic E-state index is 0.354. The van der Waals surface area contributed by atoms with E-state index in [0.717, 1.165) is 43.0 Å². The van der Waals surface area contributed by atoms with Crippen LogP contribution in [0.15, 0.2) is 6.07 Å². The van der Waals surface area contributed by atoms with Crippen molar-refractivity contribution in [2.75, 3.05) is 33.4 Å². The van der Waals surface area contributed by atoms with E-state index in [2.05, 4.69) is 5.32 Å². The molecule has 1 fully saturated rings. The average molecular weight is 284 g/mol. The lowest BCUT2D eigenvalue weighted by atomic mass is 9.90. The van der Waals surface area contributed by atoms with E-state index < -0.39 is 0 Å². The number of fused-ring (bicyclic) bond motifs is 1. The quantitative estimate of drug-likeness (QED) is 0.906. The first-order valence-electron chi connectivity index (χ1n) is 6.68. The van der Waals surface area contributed by atoms with E-state index in [1.807, 2.05) is 6.07 Å². The Morgan fingerprint density at radius 1 is 1.37 bits per heavy atom. The van der Waals surface area contributed by atoms with E-state index in [4.69, 9.17) is 25.8 Å². The number of piperidine rings is 1. The Morgan fingerprint density at radius 2 is 2.21 bits per heavy atom. The lowest BCUT2D eigenvalue weighted by molar-refractivity contribution is 0.168. The molecule has 0 bridgehead atoms. The van der Waals surface area contributed by atoms with Gasteiger partial charge in [-0.1, -0.05) is 11.6 Å². The Morgan fingerprint density at radius 3 is 2.95 bits per heavy atom. The van der Waals surface area contributed by atoms with Crippen molar-refractivity contribution in [2.24, 2.45) is 0 Å². The summed E-state index contributed by atoms with van der Waals surface area (Å²) in [5.41, 5.74) is 1.03. The highest BCUT2D eigenvalue weighted by Crippen LogP contribution is 2.48. The summed E-state index contributed by atoms with van der Waals surface area (Å²) in [4.78, 5) is 0. The number of benzene rings is 1. The van der Waals surface area contributed by atoms with Gasteiger partial charge in [0.2, 0.25) is 0 Å². The van der Waals surface area contributed by atoms with Crippen LogP contribution in [0.5, 0.6) is 17.2 Å². The molecule has 0 spiro atoms. The summed E-state index contributed by atoms with van der Waals surface area (Å²) >= 11 is 6.49. The maximum absolute atomic E-state index is 6.49. The molecule has 19 heavy (non-hydrogen) atoms. The van der Waals surface area contributed by atoms with E-state index in [-0.39, 0.29) is 0 Å². The molecule has 104 valence electrons. The van der Waals surface area contributed by atoms with Gasteiger partial charge >= 0.3 is 0 Å². The molecule has 1 aromatic carbocycles. The molecule has 0 aliphatic carbocycles. The standard InChI is InChI=1S/C14H18ClNO3/c1-17-10-7-11-14(19-6-5-18-11)12(13(10)15)9-3-2-4-16-8-9/h7,9,16H,2-6,8H2,1H3. The second-order valence-electron chi connectivity index (χ2n) is 4.87. The topological polar surface area (TPSA) is 39.7 Å². The lowest BCUT2D eigenvalue weighted by Gasteiger charge is -2.29. The highest BCUT2D eigenvalue weighted by Gasteiger charge is 2.29. The fourth-order valence-electron chi connectivity index (χ4n) is 2.78. The molecular weight excluding hydrogens is 266 g/mol. The minimum Gasteiger partial charge on any atom is -0.495 e. The summed E-state index contributed by atoms with van der Waals surface area (Å²) in [5, 5.41) is 4.06. The van der Waals surface area contributed by atoms with Crippen LogP contribution < -0.4 is 19.5 Å². The third kappa shape index (κ3) is 2.35. The Labute approximate surface area is 118 Å². The lowest BCUT2D eigenvalue weighted by Crippen LogP contribution is -2.29. The monoisotopic (exact) mass is 283 g/mol. The Bertz CT molecular complexity index is 472. The maximum Gasteiger partial charge on any atom is 0.166 e. The summed E-state index contributed by atoms with van der Waals surface area (Å²) in [6.45, 7) is 3.13. The van der Waals surface area contributed by atoms with E-state index >= 15 is 0 Å². The Kier molecular flexibility index (Phi) is 3.71. The molecule has 0 radical (unpaired) electrons. The molecule has 1 saturated heterocycles. The van der Waals surface area contributed by atoms with Crippen molar-refractivity contribution < 1.29 is 14.2 Å². The molecular formula is C14H18ClNO3. The predicted octanol–water partition coefficient (Wildman–Crippen LogP) is 2.59. The van der Waals surface area contributed by atoms with Gasteiger partial charge in [-0.15, -0.1) is 0 Å². The molecule has 2 heterocycles. The van der Waals surface area contributed by atoms with Crippen molar-refractivity contribution in [3.8, 4) is 17.2 Å². The Balaban J connectivity index is 2.08. The van der Waals surface area contributed by atoms with Gasteiger partial charge in [-0.2, -0.15) is 0 Å². The zero-order valence-electron chi connectivity index (χ0n) is 11.0. The summed E-state index contributed by atoms with van der Waals surface area (Å²) < 4.78 is 16.8. The second-order valence-corrected chi connectivity index (χ2v) is 5.25. The first kappa shape index (κ1) is 12.9. The van der Waals surface area contributed by atoms with Crippen LogP contribution in [-0.4, -0.2) is 33.4 Å². The maximum atomic E-state index is 6.49. The summed E-state index contributed by atoms with van der Waals surface area (Å²) in [6.07, 6.45) is 2.25. The van der Waals surface area contributed by atoms with Crippen molar-refractivity contribution in [1.29, 1.82) is 0 Å². The summed E-state index contributed by atoms with van der Waals surface area (Å²) in [7, 11) is 1.63. The molecule has 3 rings (SSSR count).